The molecule has 0 aliphatic carbocycles. The number of sulfonamides is 1. The molecule has 0 spiro atoms. The molecule has 0 radical (unpaired) electrons. The first-order chi connectivity index (χ1) is 8.67. The summed E-state index contributed by atoms with van der Waals surface area (Å²) in [7, 11) is -3.51. The first-order valence-corrected chi connectivity index (χ1v) is 7.86. The molecule has 0 unspecified atom stereocenters. The Kier molecular flexibility index (Phi) is 2.84. The standard InChI is InChI=1S/C10H12N4O2S2/c15-18(16,9-2-1-5-17-9)14-10-7-3-4-11-6-8(7)12-13-10/h1-2,5,11H,3-4,6H2,(H2,12,13,14). The summed E-state index contributed by atoms with van der Waals surface area (Å²) >= 11 is 1.19. The van der Waals surface area contributed by atoms with Crippen molar-refractivity contribution in [3.05, 3.63) is 28.8 Å². The van der Waals surface area contributed by atoms with Crippen molar-refractivity contribution >= 4 is 27.2 Å². The van der Waals surface area contributed by atoms with E-state index in [9.17, 15) is 8.42 Å². The van der Waals surface area contributed by atoms with Gasteiger partial charge in [-0.15, -0.1) is 11.3 Å². The lowest BCUT2D eigenvalue weighted by Gasteiger charge is -2.13. The molecule has 0 amide bonds. The van der Waals surface area contributed by atoms with Gasteiger partial charge in [-0.1, -0.05) is 6.07 Å². The average Bonchev–Trinajstić information content (AvgIpc) is 2.99. The van der Waals surface area contributed by atoms with Gasteiger partial charge in [0, 0.05) is 12.1 Å². The van der Waals surface area contributed by atoms with Crippen LogP contribution in [0.4, 0.5) is 5.82 Å². The Morgan fingerprint density at radius 3 is 3.11 bits per heavy atom. The van der Waals surface area contributed by atoms with E-state index in [1.807, 2.05) is 0 Å². The molecule has 0 fully saturated rings. The summed E-state index contributed by atoms with van der Waals surface area (Å²) < 4.78 is 27.0. The number of nitrogens with zero attached hydrogens (tertiary/aromatic N) is 1. The fourth-order valence-electron chi connectivity index (χ4n) is 1.92. The molecule has 3 rings (SSSR count). The summed E-state index contributed by atoms with van der Waals surface area (Å²) in [5, 5.41) is 11.8. The number of anilines is 1. The summed E-state index contributed by atoms with van der Waals surface area (Å²) in [5.74, 6) is 0.417. The van der Waals surface area contributed by atoms with Crippen LogP contribution in [0.2, 0.25) is 0 Å². The molecule has 0 saturated carbocycles. The number of rotatable bonds is 3. The van der Waals surface area contributed by atoms with Gasteiger partial charge in [0.05, 0.1) is 5.69 Å². The molecule has 1 aliphatic heterocycles. The smallest absolute Gasteiger partial charge is 0.272 e. The topological polar surface area (TPSA) is 86.9 Å². The molecule has 2 aromatic heterocycles. The SMILES string of the molecule is O=S(=O)(Nc1n[nH]c2c1CCNC2)c1cccs1. The van der Waals surface area contributed by atoms with E-state index in [0.717, 1.165) is 24.2 Å². The molecule has 96 valence electrons. The van der Waals surface area contributed by atoms with Crippen molar-refractivity contribution in [3.63, 3.8) is 0 Å². The van der Waals surface area contributed by atoms with Gasteiger partial charge in [0.25, 0.3) is 10.0 Å². The van der Waals surface area contributed by atoms with Gasteiger partial charge < -0.3 is 5.32 Å². The Labute approximate surface area is 108 Å². The van der Waals surface area contributed by atoms with Crippen LogP contribution in [0.3, 0.4) is 0 Å². The fraction of sp³-hybridized carbons (Fsp3) is 0.300. The van der Waals surface area contributed by atoms with E-state index in [0.29, 0.717) is 16.6 Å². The van der Waals surface area contributed by atoms with Crippen molar-refractivity contribution in [2.75, 3.05) is 11.3 Å². The molecule has 0 aromatic carbocycles. The first-order valence-electron chi connectivity index (χ1n) is 5.50. The maximum Gasteiger partial charge on any atom is 0.272 e. The van der Waals surface area contributed by atoms with Crippen LogP contribution >= 0.6 is 11.3 Å². The normalized spacial score (nSPS) is 15.3. The van der Waals surface area contributed by atoms with Crippen molar-refractivity contribution in [2.24, 2.45) is 0 Å². The van der Waals surface area contributed by atoms with Crippen LogP contribution in [-0.2, 0) is 23.0 Å². The highest BCUT2D eigenvalue weighted by molar-refractivity contribution is 7.94. The van der Waals surface area contributed by atoms with Crippen LogP contribution in [0.15, 0.2) is 21.7 Å². The third kappa shape index (κ3) is 2.02. The number of fused-ring (bicyclic) bond motifs is 1. The number of thiophene rings is 1. The van der Waals surface area contributed by atoms with Crippen molar-refractivity contribution in [3.8, 4) is 0 Å². The van der Waals surface area contributed by atoms with Crippen LogP contribution in [-0.4, -0.2) is 25.2 Å². The molecular formula is C10H12N4O2S2. The highest BCUT2D eigenvalue weighted by Gasteiger charge is 2.22. The zero-order chi connectivity index (χ0) is 12.6. The van der Waals surface area contributed by atoms with E-state index in [-0.39, 0.29) is 0 Å². The summed E-state index contributed by atoms with van der Waals surface area (Å²) in [6, 6.07) is 3.29. The van der Waals surface area contributed by atoms with E-state index in [2.05, 4.69) is 20.2 Å². The molecule has 6 nitrogen and oxygen atoms in total. The van der Waals surface area contributed by atoms with Crippen LogP contribution < -0.4 is 10.0 Å². The minimum atomic E-state index is -3.51. The maximum absolute atomic E-state index is 12.1. The van der Waals surface area contributed by atoms with Crippen molar-refractivity contribution in [1.29, 1.82) is 0 Å². The number of H-pyrrole nitrogens is 1. The second-order valence-corrected chi connectivity index (χ2v) is 6.85. The second-order valence-electron chi connectivity index (χ2n) is 3.99. The summed E-state index contributed by atoms with van der Waals surface area (Å²) in [6.07, 6.45) is 0.772. The highest BCUT2D eigenvalue weighted by Crippen LogP contribution is 2.24. The van der Waals surface area contributed by atoms with Gasteiger partial charge in [-0.25, -0.2) is 8.42 Å². The summed E-state index contributed by atoms with van der Waals surface area (Å²) in [4.78, 5) is 0. The predicted octanol–water partition coefficient (Wildman–Crippen LogP) is 0.918. The summed E-state index contributed by atoms with van der Waals surface area (Å²) in [5.41, 5.74) is 1.90. The Morgan fingerprint density at radius 1 is 1.44 bits per heavy atom. The number of hydrogen-bond acceptors (Lipinski definition) is 5. The monoisotopic (exact) mass is 284 g/mol. The number of nitrogens with one attached hydrogen (secondary N) is 3. The molecule has 0 saturated heterocycles. The van der Waals surface area contributed by atoms with Crippen molar-refractivity contribution < 1.29 is 8.42 Å². The van der Waals surface area contributed by atoms with Gasteiger partial charge in [0.15, 0.2) is 5.82 Å². The Balaban J connectivity index is 1.91. The molecule has 0 bridgehead atoms. The lowest BCUT2D eigenvalue weighted by atomic mass is 10.1. The van der Waals surface area contributed by atoms with E-state index in [1.165, 1.54) is 11.3 Å². The average molecular weight is 284 g/mol. The molecule has 0 atom stereocenters. The Bertz CT molecular complexity index is 645. The zero-order valence-corrected chi connectivity index (χ0v) is 11.1. The lowest BCUT2D eigenvalue weighted by molar-refractivity contribution is 0.602. The highest BCUT2D eigenvalue weighted by atomic mass is 32.2. The number of aromatic amines is 1. The van der Waals surface area contributed by atoms with E-state index in [1.54, 1.807) is 17.5 Å². The number of aromatic nitrogens is 2. The van der Waals surface area contributed by atoms with Gasteiger partial charge in [0.2, 0.25) is 0 Å². The Hall–Kier alpha value is -1.38. The second kappa shape index (κ2) is 4.38. The molecule has 18 heavy (non-hydrogen) atoms. The minimum Gasteiger partial charge on any atom is -0.311 e. The van der Waals surface area contributed by atoms with Crippen LogP contribution in [0.5, 0.6) is 0 Å². The molecular weight excluding hydrogens is 272 g/mol. The quantitative estimate of drug-likeness (QED) is 0.782. The summed E-state index contributed by atoms with van der Waals surface area (Å²) in [6.45, 7) is 1.53. The lowest BCUT2D eigenvalue weighted by Crippen LogP contribution is -2.24. The molecule has 8 heteroatoms. The van der Waals surface area contributed by atoms with Crippen LogP contribution in [0, 0.1) is 0 Å². The third-order valence-corrected chi connectivity index (χ3v) is 5.53. The van der Waals surface area contributed by atoms with Gasteiger partial charge in [-0.05, 0) is 24.4 Å². The first kappa shape index (κ1) is 11.7. The van der Waals surface area contributed by atoms with Crippen molar-refractivity contribution in [2.45, 2.75) is 17.2 Å². The largest absolute Gasteiger partial charge is 0.311 e. The van der Waals surface area contributed by atoms with E-state index in [4.69, 9.17) is 0 Å². The van der Waals surface area contributed by atoms with Gasteiger partial charge >= 0.3 is 0 Å². The van der Waals surface area contributed by atoms with E-state index < -0.39 is 10.0 Å². The van der Waals surface area contributed by atoms with Gasteiger partial charge in [0.1, 0.15) is 4.21 Å². The predicted molar refractivity (Wildman–Crippen MR) is 69.1 cm³/mol. The minimum absolute atomic E-state index is 0.299. The fourth-order valence-corrected chi connectivity index (χ4v) is 3.95. The Morgan fingerprint density at radius 2 is 2.33 bits per heavy atom. The van der Waals surface area contributed by atoms with Crippen molar-refractivity contribution in [1.82, 2.24) is 15.5 Å². The number of hydrogen-bond donors (Lipinski definition) is 3. The maximum atomic E-state index is 12.1. The van der Waals surface area contributed by atoms with Gasteiger partial charge in [-0.3, -0.25) is 9.82 Å². The van der Waals surface area contributed by atoms with Crippen LogP contribution in [0.25, 0.3) is 0 Å². The molecule has 1 aliphatic rings. The molecule has 3 N–H and O–H groups in total. The zero-order valence-electron chi connectivity index (χ0n) is 9.43. The molecule has 2 aromatic rings. The third-order valence-electron chi connectivity index (χ3n) is 2.80. The van der Waals surface area contributed by atoms with E-state index >= 15 is 0 Å². The van der Waals surface area contributed by atoms with Gasteiger partial charge in [-0.2, -0.15) is 5.10 Å². The molecule has 3 heterocycles. The van der Waals surface area contributed by atoms with Crippen LogP contribution in [0.1, 0.15) is 11.3 Å².